The summed E-state index contributed by atoms with van der Waals surface area (Å²) in [5.41, 5.74) is -0.227. The first-order chi connectivity index (χ1) is 9.53. The zero-order chi connectivity index (χ0) is 14.0. The zero-order valence-electron chi connectivity index (χ0n) is 12.2. The van der Waals surface area contributed by atoms with Crippen LogP contribution in [-0.4, -0.2) is 32.9 Å². The molecule has 4 nitrogen and oxygen atoms in total. The van der Waals surface area contributed by atoms with Crippen LogP contribution in [0.5, 0.6) is 0 Å². The van der Waals surface area contributed by atoms with Crippen LogP contribution < -0.4 is 4.72 Å². The van der Waals surface area contributed by atoms with Crippen LogP contribution in [0.3, 0.4) is 0 Å². The van der Waals surface area contributed by atoms with Crippen LogP contribution in [-0.2, 0) is 14.8 Å². The highest BCUT2D eigenvalue weighted by atomic mass is 32.2. The second-order valence-electron chi connectivity index (χ2n) is 7.53. The molecule has 0 aliphatic heterocycles. The van der Waals surface area contributed by atoms with E-state index in [0.717, 1.165) is 24.7 Å². The molecule has 0 saturated heterocycles. The third-order valence-electron chi connectivity index (χ3n) is 6.41. The molecule has 0 aromatic heterocycles. The van der Waals surface area contributed by atoms with Crippen molar-refractivity contribution in [1.29, 1.82) is 0 Å². The molecule has 5 heteroatoms. The number of rotatable bonds is 5. The predicted octanol–water partition coefficient (Wildman–Crippen LogP) is 1.91. The van der Waals surface area contributed by atoms with Gasteiger partial charge in [0.15, 0.2) is 0 Å². The van der Waals surface area contributed by atoms with Crippen molar-refractivity contribution in [3.8, 4) is 0 Å². The maximum atomic E-state index is 12.1. The number of ether oxygens (including phenoxy) is 1. The first-order valence-corrected chi connectivity index (χ1v) is 9.62. The zero-order valence-corrected chi connectivity index (χ0v) is 13.0. The quantitative estimate of drug-likeness (QED) is 0.843. The largest absolute Gasteiger partial charge is 0.376 e. The van der Waals surface area contributed by atoms with Gasteiger partial charge in [0.2, 0.25) is 10.0 Å². The van der Waals surface area contributed by atoms with Crippen molar-refractivity contribution in [1.82, 2.24) is 4.72 Å². The standard InChI is InChI=1S/C15H25NO3S/c1-19-15(9-16-20(17,18)14-2-3-14)12-5-10-4-11(7-12)8-13(15)6-10/h10-14,16H,2-9H2,1H3. The molecule has 114 valence electrons. The lowest BCUT2D eigenvalue weighted by molar-refractivity contribution is -0.185. The van der Waals surface area contributed by atoms with E-state index < -0.39 is 10.0 Å². The van der Waals surface area contributed by atoms with Crippen LogP contribution in [0.2, 0.25) is 0 Å². The summed E-state index contributed by atoms with van der Waals surface area (Å²) in [4.78, 5) is 0. The second-order valence-corrected chi connectivity index (χ2v) is 9.57. The number of hydrogen-bond donors (Lipinski definition) is 1. The molecule has 0 unspecified atom stereocenters. The Kier molecular flexibility index (Phi) is 3.00. The SMILES string of the molecule is COC1(CNS(=O)(=O)C2CC2)C2CC3CC(C2)CC1C3. The van der Waals surface area contributed by atoms with Crippen LogP contribution in [0.4, 0.5) is 0 Å². The summed E-state index contributed by atoms with van der Waals surface area (Å²) in [6.45, 7) is 0.497. The van der Waals surface area contributed by atoms with Crippen molar-refractivity contribution in [3.05, 3.63) is 0 Å². The summed E-state index contributed by atoms with van der Waals surface area (Å²) in [5, 5.41) is -0.131. The van der Waals surface area contributed by atoms with Gasteiger partial charge >= 0.3 is 0 Å². The average molecular weight is 299 g/mol. The first kappa shape index (κ1) is 13.5. The molecule has 5 fully saturated rings. The number of sulfonamides is 1. The predicted molar refractivity (Wildman–Crippen MR) is 76.7 cm³/mol. The van der Waals surface area contributed by atoms with Crippen LogP contribution in [0.1, 0.15) is 44.9 Å². The first-order valence-electron chi connectivity index (χ1n) is 8.07. The van der Waals surface area contributed by atoms with Crippen molar-refractivity contribution < 1.29 is 13.2 Å². The maximum Gasteiger partial charge on any atom is 0.214 e. The van der Waals surface area contributed by atoms with Gasteiger partial charge in [-0.05, 0) is 68.6 Å². The Morgan fingerprint density at radius 3 is 2.05 bits per heavy atom. The Bertz CT molecular complexity index is 469. The fourth-order valence-electron chi connectivity index (χ4n) is 5.39. The number of nitrogens with one attached hydrogen (secondary N) is 1. The minimum absolute atomic E-state index is 0.131. The van der Waals surface area contributed by atoms with Crippen molar-refractivity contribution >= 4 is 10.0 Å². The molecule has 5 rings (SSSR count). The molecule has 5 aliphatic rings. The van der Waals surface area contributed by atoms with Gasteiger partial charge in [-0.1, -0.05) is 0 Å². The molecule has 5 saturated carbocycles. The Morgan fingerprint density at radius 1 is 1.05 bits per heavy atom. The van der Waals surface area contributed by atoms with E-state index in [1.165, 1.54) is 32.1 Å². The van der Waals surface area contributed by atoms with Gasteiger partial charge in [0, 0.05) is 13.7 Å². The Labute approximate surface area is 121 Å². The Morgan fingerprint density at radius 2 is 1.60 bits per heavy atom. The lowest BCUT2D eigenvalue weighted by atomic mass is 9.50. The van der Waals surface area contributed by atoms with E-state index in [2.05, 4.69) is 4.72 Å². The highest BCUT2D eigenvalue weighted by molar-refractivity contribution is 7.90. The van der Waals surface area contributed by atoms with Crippen LogP contribution in [0, 0.1) is 23.7 Å². The van der Waals surface area contributed by atoms with Crippen molar-refractivity contribution in [2.24, 2.45) is 23.7 Å². The molecule has 1 N–H and O–H groups in total. The van der Waals surface area contributed by atoms with Crippen molar-refractivity contribution in [2.45, 2.75) is 55.8 Å². The van der Waals surface area contributed by atoms with Crippen LogP contribution >= 0.6 is 0 Å². The fraction of sp³-hybridized carbons (Fsp3) is 1.00. The molecule has 0 radical (unpaired) electrons. The number of methoxy groups -OCH3 is 1. The van der Waals surface area contributed by atoms with Crippen LogP contribution in [0.25, 0.3) is 0 Å². The third kappa shape index (κ3) is 1.97. The molecule has 4 bridgehead atoms. The molecular formula is C15H25NO3S. The van der Waals surface area contributed by atoms with E-state index >= 15 is 0 Å². The highest BCUT2D eigenvalue weighted by Gasteiger charge is 2.58. The maximum absolute atomic E-state index is 12.1. The molecule has 5 aliphatic carbocycles. The average Bonchev–Trinajstić information content (AvgIpc) is 3.22. The molecular weight excluding hydrogens is 274 g/mol. The van der Waals surface area contributed by atoms with Gasteiger partial charge in [0.1, 0.15) is 0 Å². The summed E-state index contributed by atoms with van der Waals surface area (Å²) in [6.07, 6.45) is 8.02. The molecule has 0 spiro atoms. The Balaban J connectivity index is 1.54. The molecule has 0 heterocycles. The Hall–Kier alpha value is -0.130. The van der Waals surface area contributed by atoms with Gasteiger partial charge in [-0.15, -0.1) is 0 Å². The summed E-state index contributed by atoms with van der Waals surface area (Å²) in [5.74, 6) is 2.87. The summed E-state index contributed by atoms with van der Waals surface area (Å²) >= 11 is 0. The topological polar surface area (TPSA) is 55.4 Å². The van der Waals surface area contributed by atoms with Crippen molar-refractivity contribution in [3.63, 3.8) is 0 Å². The molecule has 0 amide bonds. The van der Waals surface area contributed by atoms with Gasteiger partial charge in [0.05, 0.1) is 10.9 Å². The summed E-state index contributed by atoms with van der Waals surface area (Å²) in [7, 11) is -1.31. The summed E-state index contributed by atoms with van der Waals surface area (Å²) < 4.78 is 33.1. The van der Waals surface area contributed by atoms with E-state index in [-0.39, 0.29) is 10.9 Å². The van der Waals surface area contributed by atoms with E-state index in [1.807, 2.05) is 0 Å². The summed E-state index contributed by atoms with van der Waals surface area (Å²) in [6, 6.07) is 0. The fourth-order valence-corrected chi connectivity index (χ4v) is 6.80. The van der Waals surface area contributed by atoms with E-state index in [1.54, 1.807) is 7.11 Å². The van der Waals surface area contributed by atoms with Crippen molar-refractivity contribution in [2.75, 3.05) is 13.7 Å². The van der Waals surface area contributed by atoms with E-state index in [4.69, 9.17) is 4.74 Å². The molecule has 20 heavy (non-hydrogen) atoms. The molecule has 0 aromatic rings. The van der Waals surface area contributed by atoms with Crippen LogP contribution in [0.15, 0.2) is 0 Å². The van der Waals surface area contributed by atoms with Gasteiger partial charge in [-0.25, -0.2) is 13.1 Å². The second kappa shape index (κ2) is 4.43. The van der Waals surface area contributed by atoms with Gasteiger partial charge in [0.25, 0.3) is 0 Å². The minimum Gasteiger partial charge on any atom is -0.376 e. The van der Waals surface area contributed by atoms with E-state index in [9.17, 15) is 8.42 Å². The van der Waals surface area contributed by atoms with E-state index in [0.29, 0.717) is 18.4 Å². The molecule has 0 aromatic carbocycles. The third-order valence-corrected chi connectivity index (χ3v) is 8.31. The van der Waals surface area contributed by atoms with Gasteiger partial charge in [-0.2, -0.15) is 0 Å². The lowest BCUT2D eigenvalue weighted by Gasteiger charge is -2.60. The highest BCUT2D eigenvalue weighted by Crippen LogP contribution is 2.59. The number of hydrogen-bond acceptors (Lipinski definition) is 3. The monoisotopic (exact) mass is 299 g/mol. The molecule has 0 atom stereocenters. The minimum atomic E-state index is -3.10. The normalized spacial score (nSPS) is 46.9. The smallest absolute Gasteiger partial charge is 0.214 e. The van der Waals surface area contributed by atoms with Gasteiger partial charge in [-0.3, -0.25) is 0 Å². The lowest BCUT2D eigenvalue weighted by Crippen LogP contribution is -2.63. The van der Waals surface area contributed by atoms with Gasteiger partial charge < -0.3 is 4.74 Å².